The van der Waals surface area contributed by atoms with E-state index in [1.807, 2.05) is 12.1 Å². The normalized spacial score (nSPS) is 10.6. The number of benzene rings is 1. The first-order chi connectivity index (χ1) is 7.72. The van der Waals surface area contributed by atoms with Gasteiger partial charge in [0, 0.05) is 18.3 Å². The molecular weight excluding hydrogens is 202 g/mol. The van der Waals surface area contributed by atoms with Crippen molar-refractivity contribution in [3.05, 3.63) is 42.0 Å². The van der Waals surface area contributed by atoms with Crippen molar-refractivity contribution >= 4 is 11.7 Å². The average molecular weight is 219 g/mol. The molecule has 0 radical (unpaired) electrons. The highest BCUT2D eigenvalue weighted by molar-refractivity contribution is 5.79. The van der Waals surface area contributed by atoms with E-state index in [0.29, 0.717) is 6.54 Å². The summed E-state index contributed by atoms with van der Waals surface area (Å²) in [4.78, 5) is 10.2. The van der Waals surface area contributed by atoms with Crippen LogP contribution in [0.3, 0.4) is 0 Å². The lowest BCUT2D eigenvalue weighted by Crippen LogP contribution is -1.99. The van der Waals surface area contributed by atoms with Crippen LogP contribution in [0.25, 0.3) is 0 Å². The molecule has 0 saturated heterocycles. The maximum atomic E-state index is 10.2. The lowest BCUT2D eigenvalue weighted by Gasteiger charge is -2.04. The molecule has 0 aromatic heterocycles. The van der Waals surface area contributed by atoms with Gasteiger partial charge in [0.25, 0.3) is 0 Å². The van der Waals surface area contributed by atoms with E-state index in [1.165, 1.54) is 5.56 Å². The Balaban J connectivity index is 2.40. The van der Waals surface area contributed by atoms with Crippen molar-refractivity contribution in [1.82, 2.24) is 0 Å². The number of anilines is 1. The highest BCUT2D eigenvalue weighted by atomic mass is 16.4. The molecule has 1 aromatic carbocycles. The monoisotopic (exact) mass is 219 g/mol. The molecule has 0 unspecified atom stereocenters. The first-order valence-corrected chi connectivity index (χ1v) is 5.44. The van der Waals surface area contributed by atoms with Crippen molar-refractivity contribution in [3.63, 3.8) is 0 Å². The van der Waals surface area contributed by atoms with Gasteiger partial charge in [-0.3, -0.25) is 0 Å². The zero-order valence-electron chi connectivity index (χ0n) is 9.44. The topological polar surface area (TPSA) is 49.3 Å². The Bertz CT molecular complexity index is 355. The summed E-state index contributed by atoms with van der Waals surface area (Å²) in [7, 11) is 0. The highest BCUT2D eigenvalue weighted by Crippen LogP contribution is 2.10. The second kappa shape index (κ2) is 6.67. The van der Waals surface area contributed by atoms with E-state index in [2.05, 4.69) is 24.4 Å². The third-order valence-electron chi connectivity index (χ3n) is 2.18. The van der Waals surface area contributed by atoms with Crippen molar-refractivity contribution in [2.45, 2.75) is 19.8 Å². The minimum atomic E-state index is -0.917. The molecule has 0 amide bonds. The van der Waals surface area contributed by atoms with E-state index >= 15 is 0 Å². The third kappa shape index (κ3) is 4.64. The van der Waals surface area contributed by atoms with Crippen LogP contribution in [-0.2, 0) is 11.2 Å². The minimum absolute atomic E-state index is 0.527. The molecule has 1 aromatic rings. The van der Waals surface area contributed by atoms with Crippen LogP contribution in [0.15, 0.2) is 36.4 Å². The van der Waals surface area contributed by atoms with Crippen molar-refractivity contribution in [2.75, 3.05) is 11.9 Å². The zero-order chi connectivity index (χ0) is 11.8. The highest BCUT2D eigenvalue weighted by Gasteiger charge is 1.92. The molecular formula is C13H17NO2. The van der Waals surface area contributed by atoms with Crippen LogP contribution in [-0.4, -0.2) is 17.6 Å². The smallest absolute Gasteiger partial charge is 0.328 e. The molecule has 1 rings (SSSR count). The molecule has 0 bridgehead atoms. The Morgan fingerprint density at radius 2 is 2.06 bits per heavy atom. The van der Waals surface area contributed by atoms with E-state index in [9.17, 15) is 4.79 Å². The van der Waals surface area contributed by atoms with Crippen LogP contribution < -0.4 is 5.32 Å². The molecule has 86 valence electrons. The number of aryl methyl sites for hydroxylation is 1. The van der Waals surface area contributed by atoms with Gasteiger partial charge in [-0.25, -0.2) is 4.79 Å². The first-order valence-electron chi connectivity index (χ1n) is 5.44. The number of carboxylic acids is 1. The zero-order valence-corrected chi connectivity index (χ0v) is 9.44. The van der Waals surface area contributed by atoms with Crippen LogP contribution in [0.4, 0.5) is 5.69 Å². The Kier molecular flexibility index (Phi) is 5.12. The molecule has 3 nitrogen and oxygen atoms in total. The molecule has 2 N–H and O–H groups in total. The summed E-state index contributed by atoms with van der Waals surface area (Å²) in [6.07, 6.45) is 4.97. The van der Waals surface area contributed by atoms with Crippen LogP contribution in [0, 0.1) is 0 Å². The van der Waals surface area contributed by atoms with Crippen molar-refractivity contribution < 1.29 is 9.90 Å². The summed E-state index contributed by atoms with van der Waals surface area (Å²) in [5, 5.41) is 11.5. The van der Waals surface area contributed by atoms with Gasteiger partial charge < -0.3 is 10.4 Å². The van der Waals surface area contributed by atoms with Crippen LogP contribution in [0.5, 0.6) is 0 Å². The predicted octanol–water partition coefficient (Wildman–Crippen LogP) is 2.69. The van der Waals surface area contributed by atoms with E-state index in [-0.39, 0.29) is 0 Å². The van der Waals surface area contributed by atoms with Gasteiger partial charge in [-0.05, 0) is 24.1 Å². The summed E-state index contributed by atoms with van der Waals surface area (Å²) in [5.74, 6) is -0.917. The van der Waals surface area contributed by atoms with Crippen LogP contribution in [0.2, 0.25) is 0 Å². The van der Waals surface area contributed by atoms with Gasteiger partial charge in [0.15, 0.2) is 0 Å². The summed E-state index contributed by atoms with van der Waals surface area (Å²) in [6, 6.07) is 8.21. The quantitative estimate of drug-likeness (QED) is 0.723. The number of aliphatic carboxylic acids is 1. The second-order valence-electron chi connectivity index (χ2n) is 3.57. The second-order valence-corrected chi connectivity index (χ2v) is 3.57. The molecule has 3 heteroatoms. The molecule has 16 heavy (non-hydrogen) atoms. The van der Waals surface area contributed by atoms with Gasteiger partial charge in [0.2, 0.25) is 0 Å². The molecule has 0 spiro atoms. The Morgan fingerprint density at radius 3 is 2.62 bits per heavy atom. The Morgan fingerprint density at radius 1 is 1.38 bits per heavy atom. The third-order valence-corrected chi connectivity index (χ3v) is 2.18. The number of hydrogen-bond acceptors (Lipinski definition) is 2. The lowest BCUT2D eigenvalue weighted by molar-refractivity contribution is -0.131. The summed E-state index contributed by atoms with van der Waals surface area (Å²) in [5.41, 5.74) is 2.34. The number of carbonyl (C=O) groups is 1. The van der Waals surface area contributed by atoms with E-state index in [4.69, 9.17) is 5.11 Å². The average Bonchev–Trinajstić information content (AvgIpc) is 2.27. The summed E-state index contributed by atoms with van der Waals surface area (Å²) < 4.78 is 0. The molecule has 0 aliphatic heterocycles. The Hall–Kier alpha value is -1.77. The van der Waals surface area contributed by atoms with Crippen molar-refractivity contribution in [2.24, 2.45) is 0 Å². The van der Waals surface area contributed by atoms with Crippen LogP contribution in [0.1, 0.15) is 18.9 Å². The molecule has 0 heterocycles. The fraction of sp³-hybridized carbons (Fsp3) is 0.308. The summed E-state index contributed by atoms with van der Waals surface area (Å²) >= 11 is 0. The Labute approximate surface area is 95.8 Å². The van der Waals surface area contributed by atoms with E-state index < -0.39 is 5.97 Å². The SMILES string of the molecule is CCCc1ccc(NC/C=C/C(=O)O)cc1. The summed E-state index contributed by atoms with van der Waals surface area (Å²) in [6.45, 7) is 2.68. The van der Waals surface area contributed by atoms with Crippen molar-refractivity contribution in [1.29, 1.82) is 0 Å². The lowest BCUT2D eigenvalue weighted by atomic mass is 10.1. The standard InChI is InChI=1S/C13H17NO2/c1-2-4-11-6-8-12(9-7-11)14-10-3-5-13(15)16/h3,5-9,14H,2,4,10H2,1H3,(H,15,16)/b5-3+. The number of nitrogens with one attached hydrogen (secondary N) is 1. The maximum absolute atomic E-state index is 10.2. The number of rotatable bonds is 6. The van der Waals surface area contributed by atoms with Gasteiger partial charge in [-0.2, -0.15) is 0 Å². The van der Waals surface area contributed by atoms with Gasteiger partial charge in [-0.1, -0.05) is 31.6 Å². The van der Waals surface area contributed by atoms with Gasteiger partial charge in [0.05, 0.1) is 0 Å². The molecule has 0 aliphatic rings. The number of carboxylic acid groups (broad SMARTS) is 1. The fourth-order valence-corrected chi connectivity index (χ4v) is 1.41. The molecule has 0 saturated carbocycles. The minimum Gasteiger partial charge on any atom is -0.478 e. The van der Waals surface area contributed by atoms with Gasteiger partial charge >= 0.3 is 5.97 Å². The fourth-order valence-electron chi connectivity index (χ4n) is 1.41. The largest absolute Gasteiger partial charge is 0.478 e. The van der Waals surface area contributed by atoms with Crippen molar-refractivity contribution in [3.8, 4) is 0 Å². The van der Waals surface area contributed by atoms with E-state index in [1.54, 1.807) is 6.08 Å². The van der Waals surface area contributed by atoms with Crippen LogP contribution >= 0.6 is 0 Å². The first kappa shape index (κ1) is 12.3. The number of hydrogen-bond donors (Lipinski definition) is 2. The van der Waals surface area contributed by atoms with Gasteiger partial charge in [-0.15, -0.1) is 0 Å². The predicted molar refractivity (Wildman–Crippen MR) is 65.7 cm³/mol. The molecule has 0 aliphatic carbocycles. The van der Waals surface area contributed by atoms with Gasteiger partial charge in [0.1, 0.15) is 0 Å². The maximum Gasteiger partial charge on any atom is 0.328 e. The molecule has 0 fully saturated rings. The molecule has 0 atom stereocenters. The van der Waals surface area contributed by atoms with E-state index in [0.717, 1.165) is 24.6 Å².